The predicted molar refractivity (Wildman–Crippen MR) is 83.4 cm³/mol. The van der Waals surface area contributed by atoms with Gasteiger partial charge in [0.2, 0.25) is 0 Å². The third kappa shape index (κ3) is 2.71. The van der Waals surface area contributed by atoms with Crippen molar-refractivity contribution in [1.29, 1.82) is 0 Å². The van der Waals surface area contributed by atoms with Crippen molar-refractivity contribution in [2.24, 2.45) is 0 Å². The van der Waals surface area contributed by atoms with Crippen LogP contribution < -0.4 is 10.1 Å². The molecule has 0 aliphatic heterocycles. The van der Waals surface area contributed by atoms with Gasteiger partial charge in [-0.1, -0.05) is 24.3 Å². The van der Waals surface area contributed by atoms with Crippen molar-refractivity contribution in [2.45, 2.75) is 6.04 Å². The predicted octanol–water partition coefficient (Wildman–Crippen LogP) is 2.95. The first-order valence-corrected chi connectivity index (χ1v) is 6.84. The van der Waals surface area contributed by atoms with Crippen LogP contribution in [0.3, 0.4) is 0 Å². The van der Waals surface area contributed by atoms with Crippen LogP contribution in [0.15, 0.2) is 54.7 Å². The Morgan fingerprint density at radius 1 is 1.05 bits per heavy atom. The molecule has 0 saturated carbocycles. The summed E-state index contributed by atoms with van der Waals surface area (Å²) in [5.41, 5.74) is 3.80. The Morgan fingerprint density at radius 2 is 1.86 bits per heavy atom. The quantitative estimate of drug-likeness (QED) is 0.797. The smallest absolute Gasteiger partial charge is 0.119 e. The van der Waals surface area contributed by atoms with E-state index in [2.05, 4.69) is 16.4 Å². The highest BCUT2D eigenvalue weighted by atomic mass is 16.5. The number of hydrogen-bond donors (Lipinski definition) is 1. The number of benzene rings is 2. The Labute approximate surface area is 123 Å². The van der Waals surface area contributed by atoms with Gasteiger partial charge in [-0.25, -0.2) is 4.98 Å². The van der Waals surface area contributed by atoms with Gasteiger partial charge in [-0.3, -0.25) is 4.98 Å². The maximum Gasteiger partial charge on any atom is 0.119 e. The van der Waals surface area contributed by atoms with Crippen molar-refractivity contribution >= 4 is 11.0 Å². The van der Waals surface area contributed by atoms with E-state index in [0.717, 1.165) is 28.0 Å². The van der Waals surface area contributed by atoms with E-state index in [9.17, 15) is 0 Å². The first-order chi connectivity index (χ1) is 10.3. The number of nitrogens with one attached hydrogen (secondary N) is 1. The highest BCUT2D eigenvalue weighted by Gasteiger charge is 2.15. The van der Waals surface area contributed by atoms with Crippen LogP contribution in [-0.2, 0) is 0 Å². The van der Waals surface area contributed by atoms with Gasteiger partial charge in [0, 0.05) is 0 Å². The molecule has 3 rings (SSSR count). The van der Waals surface area contributed by atoms with E-state index in [0.29, 0.717) is 0 Å². The minimum Gasteiger partial charge on any atom is -0.497 e. The van der Waals surface area contributed by atoms with Gasteiger partial charge in [-0.2, -0.15) is 0 Å². The monoisotopic (exact) mass is 279 g/mol. The van der Waals surface area contributed by atoms with Crippen molar-refractivity contribution in [2.75, 3.05) is 14.2 Å². The SMILES string of the molecule is CNC(c1cccc(OC)c1)c1cnc2ccccc2n1. The Balaban J connectivity index is 2.04. The number of nitrogens with zero attached hydrogens (tertiary/aromatic N) is 2. The van der Waals surface area contributed by atoms with E-state index >= 15 is 0 Å². The molecule has 2 aromatic carbocycles. The molecule has 3 aromatic rings. The van der Waals surface area contributed by atoms with Crippen LogP contribution in [0, 0.1) is 0 Å². The molecule has 1 heterocycles. The molecule has 0 fully saturated rings. The molecule has 4 heteroatoms. The second kappa shape index (κ2) is 5.89. The van der Waals surface area contributed by atoms with Crippen molar-refractivity contribution < 1.29 is 4.74 Å². The zero-order chi connectivity index (χ0) is 14.7. The minimum absolute atomic E-state index is 0.0165. The number of rotatable bonds is 4. The van der Waals surface area contributed by atoms with Crippen LogP contribution in [0.25, 0.3) is 11.0 Å². The molecule has 0 amide bonds. The average molecular weight is 279 g/mol. The lowest BCUT2D eigenvalue weighted by molar-refractivity contribution is 0.413. The van der Waals surface area contributed by atoms with E-state index in [1.807, 2.05) is 55.7 Å². The molecule has 0 radical (unpaired) electrons. The van der Waals surface area contributed by atoms with Crippen LogP contribution in [0.1, 0.15) is 17.3 Å². The highest BCUT2D eigenvalue weighted by Crippen LogP contribution is 2.24. The van der Waals surface area contributed by atoms with E-state index in [4.69, 9.17) is 9.72 Å². The molecule has 21 heavy (non-hydrogen) atoms. The normalized spacial score (nSPS) is 12.3. The third-order valence-electron chi connectivity index (χ3n) is 3.48. The van der Waals surface area contributed by atoms with Crippen molar-refractivity contribution in [3.05, 3.63) is 66.0 Å². The van der Waals surface area contributed by atoms with Crippen molar-refractivity contribution in [1.82, 2.24) is 15.3 Å². The van der Waals surface area contributed by atoms with Gasteiger partial charge in [-0.05, 0) is 36.9 Å². The lowest BCUT2D eigenvalue weighted by atomic mass is 10.0. The number of para-hydroxylation sites is 2. The van der Waals surface area contributed by atoms with Gasteiger partial charge in [-0.15, -0.1) is 0 Å². The van der Waals surface area contributed by atoms with Crippen LogP contribution >= 0.6 is 0 Å². The molecular formula is C17H17N3O. The number of ether oxygens (including phenoxy) is 1. The second-order valence-electron chi connectivity index (χ2n) is 4.78. The number of aromatic nitrogens is 2. The Morgan fingerprint density at radius 3 is 2.62 bits per heavy atom. The fraction of sp³-hybridized carbons (Fsp3) is 0.176. The van der Waals surface area contributed by atoms with Gasteiger partial charge < -0.3 is 10.1 Å². The van der Waals surface area contributed by atoms with E-state index in [1.54, 1.807) is 7.11 Å². The van der Waals surface area contributed by atoms with E-state index in [-0.39, 0.29) is 6.04 Å². The molecule has 106 valence electrons. The summed E-state index contributed by atoms with van der Waals surface area (Å²) in [7, 11) is 3.59. The lowest BCUT2D eigenvalue weighted by Crippen LogP contribution is -2.19. The van der Waals surface area contributed by atoms with Crippen LogP contribution in [-0.4, -0.2) is 24.1 Å². The zero-order valence-electron chi connectivity index (χ0n) is 12.1. The van der Waals surface area contributed by atoms with E-state index in [1.165, 1.54) is 0 Å². The molecule has 4 nitrogen and oxygen atoms in total. The van der Waals surface area contributed by atoms with Gasteiger partial charge in [0.1, 0.15) is 5.75 Å². The summed E-state index contributed by atoms with van der Waals surface area (Å²) in [5, 5.41) is 3.29. The summed E-state index contributed by atoms with van der Waals surface area (Å²) >= 11 is 0. The largest absolute Gasteiger partial charge is 0.497 e. The lowest BCUT2D eigenvalue weighted by Gasteiger charge is -2.17. The Hall–Kier alpha value is -2.46. The van der Waals surface area contributed by atoms with Gasteiger partial charge in [0.05, 0.1) is 36.1 Å². The molecule has 1 unspecified atom stereocenters. The molecule has 0 aliphatic rings. The summed E-state index contributed by atoms with van der Waals surface area (Å²) in [4.78, 5) is 9.20. The standard InChI is InChI=1S/C17H17N3O/c1-18-17(12-6-5-7-13(10-12)21-2)16-11-19-14-8-3-4-9-15(14)20-16/h3-11,17-18H,1-2H3. The number of hydrogen-bond acceptors (Lipinski definition) is 4. The molecule has 0 aliphatic carbocycles. The first kappa shape index (κ1) is 13.5. The summed E-state index contributed by atoms with van der Waals surface area (Å²) in [5.74, 6) is 0.835. The van der Waals surface area contributed by atoms with Crippen LogP contribution in [0.2, 0.25) is 0 Å². The summed E-state index contributed by atoms with van der Waals surface area (Å²) in [6.45, 7) is 0. The molecular weight excluding hydrogens is 262 g/mol. The molecule has 1 N–H and O–H groups in total. The number of fused-ring (bicyclic) bond motifs is 1. The summed E-state index contributed by atoms with van der Waals surface area (Å²) in [6, 6.07) is 15.8. The Kier molecular flexibility index (Phi) is 3.79. The molecule has 0 bridgehead atoms. The highest BCUT2D eigenvalue weighted by molar-refractivity contribution is 5.73. The average Bonchev–Trinajstić information content (AvgIpc) is 2.56. The Bertz CT molecular complexity index is 758. The number of methoxy groups -OCH3 is 1. The van der Waals surface area contributed by atoms with Crippen LogP contribution in [0.4, 0.5) is 0 Å². The topological polar surface area (TPSA) is 47.0 Å². The van der Waals surface area contributed by atoms with Crippen molar-refractivity contribution in [3.63, 3.8) is 0 Å². The van der Waals surface area contributed by atoms with E-state index < -0.39 is 0 Å². The maximum absolute atomic E-state index is 5.29. The van der Waals surface area contributed by atoms with Gasteiger partial charge >= 0.3 is 0 Å². The summed E-state index contributed by atoms with van der Waals surface area (Å²) < 4.78 is 5.29. The van der Waals surface area contributed by atoms with Gasteiger partial charge in [0.15, 0.2) is 0 Å². The minimum atomic E-state index is -0.0165. The summed E-state index contributed by atoms with van der Waals surface area (Å²) in [6.07, 6.45) is 1.82. The van der Waals surface area contributed by atoms with Crippen LogP contribution in [0.5, 0.6) is 5.75 Å². The fourth-order valence-corrected chi connectivity index (χ4v) is 2.42. The van der Waals surface area contributed by atoms with Crippen molar-refractivity contribution in [3.8, 4) is 5.75 Å². The molecule has 1 atom stereocenters. The molecule has 1 aromatic heterocycles. The molecule has 0 spiro atoms. The third-order valence-corrected chi connectivity index (χ3v) is 3.48. The maximum atomic E-state index is 5.29. The first-order valence-electron chi connectivity index (χ1n) is 6.84. The fourth-order valence-electron chi connectivity index (χ4n) is 2.42. The molecule has 0 saturated heterocycles. The van der Waals surface area contributed by atoms with Gasteiger partial charge in [0.25, 0.3) is 0 Å². The zero-order valence-corrected chi connectivity index (χ0v) is 12.1. The second-order valence-corrected chi connectivity index (χ2v) is 4.78.